The molecule has 1 aliphatic rings. The van der Waals surface area contributed by atoms with Crippen molar-refractivity contribution in [1.82, 2.24) is 4.57 Å². The summed E-state index contributed by atoms with van der Waals surface area (Å²) in [5.74, 6) is 0.779. The smallest absolute Gasteiger partial charge is 0.250 e. The van der Waals surface area contributed by atoms with Crippen LogP contribution in [0.2, 0.25) is 0 Å². The van der Waals surface area contributed by atoms with Gasteiger partial charge in [-0.15, -0.1) is 0 Å². The Morgan fingerprint density at radius 1 is 1.29 bits per heavy atom. The summed E-state index contributed by atoms with van der Waals surface area (Å²) in [6.45, 7) is 2.25. The molecule has 1 saturated carbocycles. The van der Waals surface area contributed by atoms with Crippen LogP contribution in [0, 0.1) is 5.92 Å². The third-order valence-corrected chi connectivity index (χ3v) is 3.84. The predicted molar refractivity (Wildman–Crippen MR) is 71.3 cm³/mol. The van der Waals surface area contributed by atoms with Gasteiger partial charge in [0.2, 0.25) is 5.56 Å². The molecule has 1 aromatic heterocycles. The Morgan fingerprint density at radius 2 is 2.00 bits per heavy atom. The Kier molecular flexibility index (Phi) is 3.87. The quantitative estimate of drug-likeness (QED) is 0.872. The van der Waals surface area contributed by atoms with E-state index in [2.05, 4.69) is 12.2 Å². The fraction of sp³-hybridized carbons (Fsp3) is 0.643. The summed E-state index contributed by atoms with van der Waals surface area (Å²) in [4.78, 5) is 11.3. The van der Waals surface area contributed by atoms with Crippen LogP contribution in [-0.2, 0) is 7.05 Å². The second-order valence-electron chi connectivity index (χ2n) is 5.20. The molecule has 1 aromatic rings. The molecule has 1 unspecified atom stereocenters. The molecule has 1 heterocycles. The topological polar surface area (TPSA) is 34.0 Å². The highest BCUT2D eigenvalue weighted by Gasteiger charge is 2.19. The van der Waals surface area contributed by atoms with Crippen molar-refractivity contribution in [2.24, 2.45) is 13.0 Å². The minimum atomic E-state index is 0.0425. The van der Waals surface area contributed by atoms with Crippen LogP contribution < -0.4 is 10.9 Å². The summed E-state index contributed by atoms with van der Waals surface area (Å²) < 4.78 is 1.62. The molecule has 17 heavy (non-hydrogen) atoms. The van der Waals surface area contributed by atoms with E-state index in [1.807, 2.05) is 12.3 Å². The van der Waals surface area contributed by atoms with E-state index in [1.165, 1.54) is 32.1 Å². The van der Waals surface area contributed by atoms with Crippen LogP contribution in [0.1, 0.15) is 39.0 Å². The normalized spacial score (nSPS) is 18.9. The van der Waals surface area contributed by atoms with Gasteiger partial charge in [-0.3, -0.25) is 4.79 Å². The number of hydrogen-bond acceptors (Lipinski definition) is 2. The molecule has 0 aromatic carbocycles. The molecular formula is C14H22N2O. The summed E-state index contributed by atoms with van der Waals surface area (Å²) in [5, 5.41) is 3.52. The SMILES string of the molecule is CC(Nc1ccc(=O)n(C)c1)C1CCCCC1. The van der Waals surface area contributed by atoms with Gasteiger partial charge in [0.1, 0.15) is 0 Å². The number of pyridine rings is 1. The summed E-state index contributed by atoms with van der Waals surface area (Å²) in [6, 6.07) is 3.99. The van der Waals surface area contributed by atoms with Gasteiger partial charge >= 0.3 is 0 Å². The Hall–Kier alpha value is -1.25. The summed E-state index contributed by atoms with van der Waals surface area (Å²) >= 11 is 0. The van der Waals surface area contributed by atoms with Crippen LogP contribution in [0.3, 0.4) is 0 Å². The first-order valence-electron chi connectivity index (χ1n) is 6.60. The molecular weight excluding hydrogens is 212 g/mol. The van der Waals surface area contributed by atoms with Gasteiger partial charge in [0.25, 0.3) is 0 Å². The minimum Gasteiger partial charge on any atom is -0.381 e. The van der Waals surface area contributed by atoms with E-state index < -0.39 is 0 Å². The fourth-order valence-corrected chi connectivity index (χ4v) is 2.69. The van der Waals surface area contributed by atoms with Crippen molar-refractivity contribution in [3.63, 3.8) is 0 Å². The van der Waals surface area contributed by atoms with Gasteiger partial charge < -0.3 is 9.88 Å². The highest BCUT2D eigenvalue weighted by atomic mass is 16.1. The summed E-state index contributed by atoms with van der Waals surface area (Å²) in [7, 11) is 1.79. The number of aromatic nitrogens is 1. The zero-order chi connectivity index (χ0) is 12.3. The van der Waals surface area contributed by atoms with Crippen molar-refractivity contribution in [3.8, 4) is 0 Å². The van der Waals surface area contributed by atoms with E-state index in [4.69, 9.17) is 0 Å². The van der Waals surface area contributed by atoms with Crippen molar-refractivity contribution in [1.29, 1.82) is 0 Å². The maximum absolute atomic E-state index is 11.3. The molecule has 3 heteroatoms. The van der Waals surface area contributed by atoms with Crippen molar-refractivity contribution in [2.45, 2.75) is 45.1 Å². The van der Waals surface area contributed by atoms with E-state index in [1.54, 1.807) is 17.7 Å². The van der Waals surface area contributed by atoms with Gasteiger partial charge in [-0.1, -0.05) is 19.3 Å². The molecule has 0 amide bonds. The van der Waals surface area contributed by atoms with Crippen molar-refractivity contribution >= 4 is 5.69 Å². The Bertz CT molecular complexity index is 418. The van der Waals surface area contributed by atoms with Crippen molar-refractivity contribution in [2.75, 3.05) is 5.32 Å². The molecule has 0 radical (unpaired) electrons. The molecule has 0 saturated heterocycles. The van der Waals surface area contributed by atoms with Gasteiger partial charge in [0.15, 0.2) is 0 Å². The predicted octanol–water partition coefficient (Wildman–Crippen LogP) is 2.77. The molecule has 94 valence electrons. The van der Waals surface area contributed by atoms with Crippen molar-refractivity contribution < 1.29 is 0 Å². The number of aryl methyl sites for hydroxylation is 1. The Morgan fingerprint density at radius 3 is 2.65 bits per heavy atom. The molecule has 1 aliphatic carbocycles. The summed E-state index contributed by atoms with van der Waals surface area (Å²) in [5.41, 5.74) is 1.09. The lowest BCUT2D eigenvalue weighted by molar-refractivity contribution is 0.328. The standard InChI is InChI=1S/C14H22N2O/c1-11(12-6-4-3-5-7-12)15-13-8-9-14(17)16(2)10-13/h8-12,15H,3-7H2,1-2H3. The zero-order valence-electron chi connectivity index (χ0n) is 10.8. The Labute approximate surface area is 103 Å². The number of rotatable bonds is 3. The number of anilines is 1. The van der Waals surface area contributed by atoms with Gasteiger partial charge in [-0.25, -0.2) is 0 Å². The van der Waals surface area contributed by atoms with Gasteiger partial charge in [-0.05, 0) is 31.7 Å². The van der Waals surface area contributed by atoms with Crippen LogP contribution >= 0.6 is 0 Å². The second-order valence-corrected chi connectivity index (χ2v) is 5.20. The highest BCUT2D eigenvalue weighted by Crippen LogP contribution is 2.27. The molecule has 3 nitrogen and oxygen atoms in total. The monoisotopic (exact) mass is 234 g/mol. The van der Waals surface area contributed by atoms with Gasteiger partial charge in [0, 0.05) is 25.4 Å². The van der Waals surface area contributed by atoms with Crippen LogP contribution in [0.15, 0.2) is 23.1 Å². The largest absolute Gasteiger partial charge is 0.381 e. The number of nitrogens with zero attached hydrogens (tertiary/aromatic N) is 1. The van der Waals surface area contributed by atoms with E-state index >= 15 is 0 Å². The molecule has 1 N–H and O–H groups in total. The molecule has 2 rings (SSSR count). The Balaban J connectivity index is 1.99. The average molecular weight is 234 g/mol. The van der Waals surface area contributed by atoms with Crippen LogP contribution in [0.5, 0.6) is 0 Å². The average Bonchev–Trinajstić information content (AvgIpc) is 2.35. The third-order valence-electron chi connectivity index (χ3n) is 3.84. The lowest BCUT2D eigenvalue weighted by atomic mass is 9.84. The minimum absolute atomic E-state index is 0.0425. The first-order valence-corrected chi connectivity index (χ1v) is 6.60. The lowest BCUT2D eigenvalue weighted by Gasteiger charge is -2.29. The van der Waals surface area contributed by atoms with Crippen molar-refractivity contribution in [3.05, 3.63) is 28.7 Å². The molecule has 1 fully saturated rings. The van der Waals surface area contributed by atoms with Gasteiger partial charge in [0.05, 0.1) is 5.69 Å². The van der Waals surface area contributed by atoms with E-state index in [-0.39, 0.29) is 5.56 Å². The molecule has 0 aliphatic heterocycles. The fourth-order valence-electron chi connectivity index (χ4n) is 2.69. The highest BCUT2D eigenvalue weighted by molar-refractivity contribution is 5.41. The first kappa shape index (κ1) is 12.2. The van der Waals surface area contributed by atoms with Crippen LogP contribution in [0.4, 0.5) is 5.69 Å². The third kappa shape index (κ3) is 3.11. The van der Waals surface area contributed by atoms with Crippen LogP contribution in [-0.4, -0.2) is 10.6 Å². The maximum atomic E-state index is 11.3. The lowest BCUT2D eigenvalue weighted by Crippen LogP contribution is -2.28. The molecule has 0 bridgehead atoms. The van der Waals surface area contributed by atoms with Crippen LogP contribution in [0.25, 0.3) is 0 Å². The van der Waals surface area contributed by atoms with E-state index in [9.17, 15) is 4.79 Å². The molecule has 0 spiro atoms. The van der Waals surface area contributed by atoms with E-state index in [0.717, 1.165) is 11.6 Å². The van der Waals surface area contributed by atoms with Gasteiger partial charge in [-0.2, -0.15) is 0 Å². The summed E-state index contributed by atoms with van der Waals surface area (Å²) in [6.07, 6.45) is 8.67. The first-order chi connectivity index (χ1) is 8.16. The zero-order valence-corrected chi connectivity index (χ0v) is 10.8. The molecule has 1 atom stereocenters. The maximum Gasteiger partial charge on any atom is 0.250 e. The second kappa shape index (κ2) is 5.39. The number of hydrogen-bond donors (Lipinski definition) is 1. The van der Waals surface area contributed by atoms with E-state index in [0.29, 0.717) is 6.04 Å². The number of nitrogens with one attached hydrogen (secondary N) is 1.